The molecule has 0 saturated heterocycles. The van der Waals surface area contributed by atoms with Crippen LogP contribution >= 0.6 is 0 Å². The van der Waals surface area contributed by atoms with E-state index in [0.29, 0.717) is 12.0 Å². The zero-order valence-electron chi connectivity index (χ0n) is 14.3. The predicted molar refractivity (Wildman–Crippen MR) is 84.4 cm³/mol. The van der Waals surface area contributed by atoms with Crippen LogP contribution < -0.4 is 10.1 Å². The number of hydrogen-bond acceptors (Lipinski definition) is 3. The first-order chi connectivity index (χ1) is 10.9. The number of carbonyl (C=O) groups excluding carboxylic acids is 1. The van der Waals surface area contributed by atoms with Crippen molar-refractivity contribution in [1.82, 2.24) is 5.32 Å². The Labute approximate surface area is 140 Å². The van der Waals surface area contributed by atoms with Gasteiger partial charge in [-0.25, -0.2) is 0 Å². The van der Waals surface area contributed by atoms with Crippen molar-refractivity contribution in [1.29, 1.82) is 0 Å². The van der Waals surface area contributed by atoms with Gasteiger partial charge in [-0.2, -0.15) is 0 Å². The number of carbonyl (C=O) groups is 1. The third kappa shape index (κ3) is 6.78. The van der Waals surface area contributed by atoms with Gasteiger partial charge in [-0.15, -0.1) is 13.2 Å². The Balaban J connectivity index is 2.79. The Morgan fingerprint density at radius 1 is 1.29 bits per heavy atom. The molecule has 0 aliphatic carbocycles. The van der Waals surface area contributed by atoms with E-state index in [4.69, 9.17) is 0 Å². The molecule has 1 rings (SSSR count). The number of alkyl halides is 3. The van der Waals surface area contributed by atoms with Crippen LogP contribution in [0.5, 0.6) is 5.75 Å². The van der Waals surface area contributed by atoms with E-state index >= 15 is 0 Å². The zero-order valence-corrected chi connectivity index (χ0v) is 14.3. The summed E-state index contributed by atoms with van der Waals surface area (Å²) in [7, 11) is 0. The lowest BCUT2D eigenvalue weighted by molar-refractivity contribution is -0.274. The number of hydrogen-bond donors (Lipinski definition) is 2. The summed E-state index contributed by atoms with van der Waals surface area (Å²) < 4.78 is 40.8. The molecule has 0 spiro atoms. The Morgan fingerprint density at radius 3 is 2.42 bits per heavy atom. The molecule has 0 saturated carbocycles. The van der Waals surface area contributed by atoms with Crippen molar-refractivity contribution in [2.75, 3.05) is 0 Å². The molecular weight excluding hydrogens is 323 g/mol. The summed E-state index contributed by atoms with van der Waals surface area (Å²) in [6.07, 6.45) is -5.15. The molecule has 2 N–H and O–H groups in total. The van der Waals surface area contributed by atoms with Crippen molar-refractivity contribution in [3.63, 3.8) is 0 Å². The smallest absolute Gasteiger partial charge is 0.406 e. The highest BCUT2D eigenvalue weighted by Crippen LogP contribution is 2.27. The van der Waals surface area contributed by atoms with Gasteiger partial charge in [-0.1, -0.05) is 39.8 Å². The highest BCUT2D eigenvalue weighted by molar-refractivity contribution is 5.77. The maximum atomic E-state index is 12.3. The summed E-state index contributed by atoms with van der Waals surface area (Å²) in [5.74, 6) is -0.686. The van der Waals surface area contributed by atoms with E-state index in [-0.39, 0.29) is 18.1 Å². The molecule has 0 fully saturated rings. The fraction of sp³-hybridized carbons (Fsp3) is 0.588. The van der Waals surface area contributed by atoms with Crippen molar-refractivity contribution in [2.45, 2.75) is 59.0 Å². The van der Waals surface area contributed by atoms with Crippen molar-refractivity contribution in [3.05, 3.63) is 29.8 Å². The van der Waals surface area contributed by atoms with E-state index in [9.17, 15) is 23.1 Å². The normalized spacial score (nSPS) is 14.8. The summed E-state index contributed by atoms with van der Waals surface area (Å²) in [6.45, 7) is 7.27. The van der Waals surface area contributed by atoms with Crippen molar-refractivity contribution in [2.24, 2.45) is 5.41 Å². The molecule has 2 atom stereocenters. The molecule has 1 amide bonds. The Kier molecular flexibility index (Phi) is 6.66. The molecule has 24 heavy (non-hydrogen) atoms. The van der Waals surface area contributed by atoms with Gasteiger partial charge >= 0.3 is 6.36 Å². The van der Waals surface area contributed by atoms with Gasteiger partial charge in [0.2, 0.25) is 5.91 Å². The lowest BCUT2D eigenvalue weighted by Crippen LogP contribution is -2.35. The third-order valence-corrected chi connectivity index (χ3v) is 3.62. The van der Waals surface area contributed by atoms with Crippen LogP contribution in [-0.2, 0) is 4.79 Å². The van der Waals surface area contributed by atoms with Gasteiger partial charge < -0.3 is 15.2 Å². The van der Waals surface area contributed by atoms with Gasteiger partial charge in [0.05, 0.1) is 18.6 Å². The number of benzene rings is 1. The van der Waals surface area contributed by atoms with Crippen LogP contribution in [0.3, 0.4) is 0 Å². The Morgan fingerprint density at radius 2 is 1.92 bits per heavy atom. The molecule has 0 bridgehead atoms. The molecule has 136 valence electrons. The Bertz CT molecular complexity index is 553. The maximum Gasteiger partial charge on any atom is 0.573 e. The zero-order chi connectivity index (χ0) is 18.5. The van der Waals surface area contributed by atoms with Crippen LogP contribution in [0, 0.1) is 5.41 Å². The van der Waals surface area contributed by atoms with Gasteiger partial charge in [-0.05, 0) is 29.5 Å². The largest absolute Gasteiger partial charge is 0.573 e. The molecule has 7 heteroatoms. The first-order valence-corrected chi connectivity index (χ1v) is 7.75. The van der Waals surface area contributed by atoms with E-state index < -0.39 is 23.9 Å². The summed E-state index contributed by atoms with van der Waals surface area (Å²) in [5.41, 5.74) is 0.0809. The third-order valence-electron chi connectivity index (χ3n) is 3.62. The van der Waals surface area contributed by atoms with Gasteiger partial charge in [0, 0.05) is 0 Å². The first-order valence-electron chi connectivity index (χ1n) is 7.75. The van der Waals surface area contributed by atoms with Gasteiger partial charge in [0.15, 0.2) is 0 Å². The highest BCUT2D eigenvalue weighted by atomic mass is 19.4. The summed E-state index contributed by atoms with van der Waals surface area (Å²) >= 11 is 0. The summed E-state index contributed by atoms with van der Waals surface area (Å²) in [6, 6.07) is 5.06. The molecule has 0 radical (unpaired) electrons. The van der Waals surface area contributed by atoms with Crippen molar-refractivity contribution in [3.8, 4) is 5.75 Å². The van der Waals surface area contributed by atoms with Gasteiger partial charge in [0.1, 0.15) is 5.75 Å². The molecule has 0 aromatic heterocycles. The number of aliphatic hydroxyl groups excluding tert-OH is 1. The minimum atomic E-state index is -4.76. The second-order valence-corrected chi connectivity index (χ2v) is 6.73. The van der Waals surface area contributed by atoms with Gasteiger partial charge in [0.25, 0.3) is 0 Å². The summed E-state index contributed by atoms with van der Waals surface area (Å²) in [5, 5.41) is 12.7. The first kappa shape index (κ1) is 20.3. The number of ether oxygens (including phenoxy) is 1. The van der Waals surface area contributed by atoms with Crippen LogP contribution in [0.15, 0.2) is 24.3 Å². The molecule has 0 heterocycles. The molecule has 1 aromatic carbocycles. The SMILES string of the molecule is CCC(NC(=O)C[C@@H](O)C(C)(C)C)c1cccc(OC(F)(F)F)c1. The average Bonchev–Trinajstić information content (AvgIpc) is 2.42. The van der Waals surface area contributed by atoms with E-state index in [1.807, 2.05) is 27.7 Å². The van der Waals surface area contributed by atoms with Crippen LogP contribution in [0.4, 0.5) is 13.2 Å². The van der Waals surface area contributed by atoms with E-state index in [2.05, 4.69) is 10.1 Å². The summed E-state index contributed by atoms with van der Waals surface area (Å²) in [4.78, 5) is 12.1. The standard InChI is InChI=1S/C17H24F3NO3/c1-5-13(21-15(23)10-14(22)16(2,3)4)11-7-6-8-12(9-11)24-17(18,19)20/h6-9,13-14,22H,5,10H2,1-4H3,(H,21,23)/t13?,14-/m1/s1. The fourth-order valence-corrected chi connectivity index (χ4v) is 2.08. The molecule has 0 aliphatic rings. The van der Waals surface area contributed by atoms with Crippen LogP contribution in [-0.4, -0.2) is 23.5 Å². The van der Waals surface area contributed by atoms with E-state index in [1.54, 1.807) is 6.07 Å². The number of amides is 1. The van der Waals surface area contributed by atoms with Crippen LogP contribution in [0.2, 0.25) is 0 Å². The highest BCUT2D eigenvalue weighted by Gasteiger charge is 2.31. The maximum absolute atomic E-state index is 12.3. The molecule has 0 aliphatic heterocycles. The number of halogens is 3. The number of rotatable bonds is 6. The molecule has 1 aromatic rings. The van der Waals surface area contributed by atoms with E-state index in [0.717, 1.165) is 0 Å². The fourth-order valence-electron chi connectivity index (χ4n) is 2.08. The van der Waals surface area contributed by atoms with E-state index in [1.165, 1.54) is 18.2 Å². The molecule has 1 unspecified atom stereocenters. The monoisotopic (exact) mass is 347 g/mol. The van der Waals surface area contributed by atoms with Gasteiger partial charge in [-0.3, -0.25) is 4.79 Å². The lowest BCUT2D eigenvalue weighted by Gasteiger charge is -2.26. The number of nitrogens with one attached hydrogen (secondary N) is 1. The van der Waals surface area contributed by atoms with Crippen LogP contribution in [0.1, 0.15) is 52.1 Å². The topological polar surface area (TPSA) is 58.6 Å². The Hall–Kier alpha value is -1.76. The quantitative estimate of drug-likeness (QED) is 0.819. The second-order valence-electron chi connectivity index (χ2n) is 6.73. The van der Waals surface area contributed by atoms with Crippen molar-refractivity contribution < 1.29 is 27.8 Å². The van der Waals surface area contributed by atoms with Crippen LogP contribution in [0.25, 0.3) is 0 Å². The molecule has 4 nitrogen and oxygen atoms in total. The number of aliphatic hydroxyl groups is 1. The second kappa shape index (κ2) is 7.88. The average molecular weight is 347 g/mol. The molecular formula is C17H24F3NO3. The van der Waals surface area contributed by atoms with Crippen molar-refractivity contribution >= 4 is 5.91 Å². The predicted octanol–water partition coefficient (Wildman–Crippen LogP) is 3.95. The minimum Gasteiger partial charge on any atom is -0.406 e. The minimum absolute atomic E-state index is 0.0707. The lowest BCUT2D eigenvalue weighted by atomic mass is 9.87.